The van der Waals surface area contributed by atoms with Crippen molar-refractivity contribution in [1.29, 1.82) is 0 Å². The summed E-state index contributed by atoms with van der Waals surface area (Å²) in [6.07, 6.45) is 6.40. The summed E-state index contributed by atoms with van der Waals surface area (Å²) in [6.45, 7) is 0.786. The van der Waals surface area contributed by atoms with E-state index in [1.54, 1.807) is 29.4 Å². The van der Waals surface area contributed by atoms with Gasteiger partial charge in [0, 0.05) is 30.8 Å². The number of fused-ring (bicyclic) bond motifs is 1. The number of aliphatic carboxylic acids is 1. The zero-order valence-corrected chi connectivity index (χ0v) is 11.1. The summed E-state index contributed by atoms with van der Waals surface area (Å²) >= 11 is 0. The zero-order chi connectivity index (χ0) is 14.6. The maximum atomic E-state index is 12.6. The highest BCUT2D eigenvalue weighted by atomic mass is 16.5. The fraction of sp³-hybridized carbons (Fsp3) is 0.400. The van der Waals surface area contributed by atoms with E-state index >= 15 is 0 Å². The Balaban J connectivity index is 1.63. The number of pyridine rings is 1. The molecule has 0 aromatic carbocycles. The van der Waals surface area contributed by atoms with E-state index in [9.17, 15) is 14.7 Å². The molecular weight excluding hydrogens is 272 g/mol. The number of hydrogen-bond donors (Lipinski definition) is 0. The molecule has 4 heterocycles. The summed E-state index contributed by atoms with van der Waals surface area (Å²) in [5.74, 6) is -2.96. The monoisotopic (exact) mass is 285 g/mol. The van der Waals surface area contributed by atoms with Gasteiger partial charge in [-0.3, -0.25) is 9.78 Å². The molecule has 4 rings (SSSR count). The van der Waals surface area contributed by atoms with Gasteiger partial charge in [-0.1, -0.05) is 18.2 Å². The number of nitrogens with zero attached hydrogens (tertiary/aromatic N) is 2. The molecule has 1 aromatic rings. The third kappa shape index (κ3) is 1.65. The molecule has 21 heavy (non-hydrogen) atoms. The van der Waals surface area contributed by atoms with Crippen LogP contribution in [-0.2, 0) is 20.9 Å². The number of carbonyl (C=O) groups excluding carboxylic acids is 2. The van der Waals surface area contributed by atoms with Gasteiger partial charge in [0.2, 0.25) is 5.91 Å². The second kappa shape index (κ2) is 4.14. The van der Waals surface area contributed by atoms with E-state index in [0.29, 0.717) is 13.1 Å². The molecule has 1 spiro atoms. The fourth-order valence-corrected chi connectivity index (χ4v) is 3.69. The Kier molecular flexibility index (Phi) is 2.47. The Labute approximate surface area is 121 Å². The Bertz CT molecular complexity index is 644. The van der Waals surface area contributed by atoms with Crippen molar-refractivity contribution in [1.82, 2.24) is 9.88 Å². The van der Waals surface area contributed by atoms with Crippen LogP contribution in [0.15, 0.2) is 36.7 Å². The Morgan fingerprint density at radius 1 is 1.57 bits per heavy atom. The smallest absolute Gasteiger partial charge is 0.230 e. The fourth-order valence-electron chi connectivity index (χ4n) is 3.69. The Morgan fingerprint density at radius 2 is 2.43 bits per heavy atom. The molecule has 0 radical (unpaired) electrons. The summed E-state index contributed by atoms with van der Waals surface area (Å²) in [7, 11) is 0. The number of carbonyl (C=O) groups is 2. The van der Waals surface area contributed by atoms with Crippen molar-refractivity contribution in [3.63, 3.8) is 0 Å². The van der Waals surface area contributed by atoms with Gasteiger partial charge >= 0.3 is 0 Å². The normalized spacial score (nSPS) is 36.3. The third-order valence-electron chi connectivity index (χ3n) is 4.55. The average molecular weight is 285 g/mol. The third-order valence-corrected chi connectivity index (χ3v) is 4.55. The van der Waals surface area contributed by atoms with Crippen LogP contribution in [0, 0.1) is 11.8 Å². The van der Waals surface area contributed by atoms with Crippen molar-refractivity contribution in [3.05, 3.63) is 42.2 Å². The van der Waals surface area contributed by atoms with Gasteiger partial charge < -0.3 is 19.5 Å². The first kappa shape index (κ1) is 12.5. The number of ether oxygens (including phenoxy) is 1. The molecule has 0 saturated carbocycles. The summed E-state index contributed by atoms with van der Waals surface area (Å²) in [6, 6.07) is 3.69. The molecule has 0 N–H and O–H groups in total. The molecular formula is C15H13N2O4-. The van der Waals surface area contributed by atoms with Gasteiger partial charge in [0.15, 0.2) is 0 Å². The molecule has 4 atom stereocenters. The zero-order valence-electron chi connectivity index (χ0n) is 11.1. The second-order valence-electron chi connectivity index (χ2n) is 5.77. The molecule has 3 aliphatic heterocycles. The molecule has 1 amide bonds. The lowest BCUT2D eigenvalue weighted by Gasteiger charge is -2.24. The van der Waals surface area contributed by atoms with E-state index < -0.39 is 29.5 Å². The number of carboxylic acids is 1. The predicted molar refractivity (Wildman–Crippen MR) is 68.4 cm³/mol. The molecule has 0 aliphatic carbocycles. The standard InChI is InChI=1S/C15H14N2O4/c18-13-12-11(14(19)20)10-3-4-15(12,21-10)8-17(13)7-9-2-1-5-16-6-9/h1-6,10-12H,7-8H2,(H,19,20)/p-1/t10-,11+,12+,15+/m0/s1. The van der Waals surface area contributed by atoms with Crippen LogP contribution in [0.1, 0.15) is 5.56 Å². The molecule has 0 unspecified atom stereocenters. The van der Waals surface area contributed by atoms with Crippen LogP contribution < -0.4 is 5.11 Å². The van der Waals surface area contributed by atoms with Gasteiger partial charge in [0.1, 0.15) is 5.60 Å². The van der Waals surface area contributed by atoms with Crippen molar-refractivity contribution in [2.75, 3.05) is 6.54 Å². The number of hydrogen-bond acceptors (Lipinski definition) is 5. The van der Waals surface area contributed by atoms with E-state index in [1.165, 1.54) is 0 Å². The van der Waals surface area contributed by atoms with Gasteiger partial charge in [-0.25, -0.2) is 0 Å². The topological polar surface area (TPSA) is 82.6 Å². The summed E-state index contributed by atoms with van der Waals surface area (Å²) in [5, 5.41) is 11.3. The van der Waals surface area contributed by atoms with Gasteiger partial charge in [-0.05, 0) is 11.6 Å². The second-order valence-corrected chi connectivity index (χ2v) is 5.77. The first-order valence-electron chi connectivity index (χ1n) is 6.86. The van der Waals surface area contributed by atoms with Gasteiger partial charge in [-0.2, -0.15) is 0 Å². The van der Waals surface area contributed by atoms with Crippen molar-refractivity contribution in [2.24, 2.45) is 11.8 Å². The van der Waals surface area contributed by atoms with Crippen LogP contribution in [-0.4, -0.2) is 40.0 Å². The molecule has 2 saturated heterocycles. The largest absolute Gasteiger partial charge is 0.550 e. The van der Waals surface area contributed by atoms with Crippen molar-refractivity contribution >= 4 is 11.9 Å². The van der Waals surface area contributed by atoms with Gasteiger partial charge in [-0.15, -0.1) is 0 Å². The lowest BCUT2D eigenvalue weighted by molar-refractivity contribution is -0.313. The lowest BCUT2D eigenvalue weighted by atomic mass is 9.77. The van der Waals surface area contributed by atoms with E-state index in [2.05, 4.69) is 4.98 Å². The number of aromatic nitrogens is 1. The van der Waals surface area contributed by atoms with E-state index in [0.717, 1.165) is 5.56 Å². The highest BCUT2D eigenvalue weighted by molar-refractivity contribution is 5.90. The summed E-state index contributed by atoms with van der Waals surface area (Å²) in [4.78, 5) is 29.6. The molecule has 1 aromatic heterocycles. The molecule has 108 valence electrons. The van der Waals surface area contributed by atoms with Crippen LogP contribution in [0.4, 0.5) is 0 Å². The molecule has 2 fully saturated rings. The number of amides is 1. The first-order valence-corrected chi connectivity index (χ1v) is 6.86. The van der Waals surface area contributed by atoms with Crippen LogP contribution in [0.25, 0.3) is 0 Å². The minimum Gasteiger partial charge on any atom is -0.550 e. The van der Waals surface area contributed by atoms with Crippen molar-refractivity contribution < 1.29 is 19.4 Å². The van der Waals surface area contributed by atoms with Gasteiger partial charge in [0.25, 0.3) is 0 Å². The highest BCUT2D eigenvalue weighted by Crippen LogP contribution is 2.51. The minimum atomic E-state index is -1.21. The quantitative estimate of drug-likeness (QED) is 0.673. The van der Waals surface area contributed by atoms with Crippen LogP contribution in [0.3, 0.4) is 0 Å². The van der Waals surface area contributed by atoms with E-state index in [-0.39, 0.29) is 5.91 Å². The van der Waals surface area contributed by atoms with Gasteiger partial charge in [0.05, 0.1) is 18.6 Å². The van der Waals surface area contributed by atoms with Crippen molar-refractivity contribution in [3.8, 4) is 0 Å². The lowest BCUT2D eigenvalue weighted by Crippen LogP contribution is -2.45. The van der Waals surface area contributed by atoms with E-state index in [4.69, 9.17) is 4.74 Å². The Morgan fingerprint density at radius 3 is 3.14 bits per heavy atom. The summed E-state index contributed by atoms with van der Waals surface area (Å²) < 4.78 is 5.79. The van der Waals surface area contributed by atoms with E-state index in [1.807, 2.05) is 12.1 Å². The highest BCUT2D eigenvalue weighted by Gasteiger charge is 2.65. The molecule has 6 nitrogen and oxygen atoms in total. The number of rotatable bonds is 3. The average Bonchev–Trinajstić information content (AvgIpc) is 3.09. The molecule has 3 aliphatic rings. The molecule has 6 heteroatoms. The number of likely N-dealkylation sites (tertiary alicyclic amines) is 1. The first-order chi connectivity index (χ1) is 10.1. The maximum absolute atomic E-state index is 12.6. The minimum absolute atomic E-state index is 0.181. The number of carboxylic acid groups (broad SMARTS) is 1. The van der Waals surface area contributed by atoms with Crippen LogP contribution >= 0.6 is 0 Å². The van der Waals surface area contributed by atoms with Crippen molar-refractivity contribution in [2.45, 2.75) is 18.2 Å². The predicted octanol–water partition coefficient (Wildman–Crippen LogP) is -0.887. The van der Waals surface area contributed by atoms with Crippen LogP contribution in [0.2, 0.25) is 0 Å². The summed E-state index contributed by atoms with van der Waals surface area (Å²) in [5.41, 5.74) is 0.111. The van der Waals surface area contributed by atoms with Crippen LogP contribution in [0.5, 0.6) is 0 Å². The maximum Gasteiger partial charge on any atom is 0.230 e. The SMILES string of the molecule is O=C([O-])[C@@H]1[C@@H]2C=C[C@]3(CN(Cc4cccnc4)C(=O)[C@@H]13)O2. The molecule has 2 bridgehead atoms. The Hall–Kier alpha value is -2.21.